The predicted molar refractivity (Wildman–Crippen MR) is 122 cm³/mol. The van der Waals surface area contributed by atoms with Crippen molar-refractivity contribution in [2.75, 3.05) is 26.7 Å². The van der Waals surface area contributed by atoms with Gasteiger partial charge < -0.3 is 10.1 Å². The highest BCUT2D eigenvalue weighted by atomic mass is 16.5. The number of ether oxygens (including phenoxy) is 1. The summed E-state index contributed by atoms with van der Waals surface area (Å²) in [6, 6.07) is 19.9. The Kier molecular flexibility index (Phi) is 6.67. The molecule has 0 bridgehead atoms. The summed E-state index contributed by atoms with van der Waals surface area (Å²) in [7, 11) is 1.70. The predicted octanol–water partition coefficient (Wildman–Crippen LogP) is 4.15. The summed E-state index contributed by atoms with van der Waals surface area (Å²) >= 11 is 0. The lowest BCUT2D eigenvalue weighted by atomic mass is 10.0. The second kappa shape index (κ2) is 9.79. The molecule has 3 aromatic rings. The number of rotatable bonds is 7. The third-order valence-corrected chi connectivity index (χ3v) is 5.91. The number of nitrogens with one attached hydrogen (secondary N) is 1. The van der Waals surface area contributed by atoms with Crippen molar-refractivity contribution in [1.29, 1.82) is 0 Å². The SMILES string of the molecule is COc1ccccc1C(CNC(=O)c1cc(C)n(-c2ccccc2)n1)N1CCCCC1. The van der Waals surface area contributed by atoms with E-state index in [0.717, 1.165) is 35.8 Å². The Hall–Kier alpha value is -3.12. The van der Waals surface area contributed by atoms with Crippen molar-refractivity contribution in [2.45, 2.75) is 32.2 Å². The highest BCUT2D eigenvalue weighted by Gasteiger charge is 2.26. The van der Waals surface area contributed by atoms with Gasteiger partial charge in [-0.2, -0.15) is 5.10 Å². The van der Waals surface area contributed by atoms with Crippen LogP contribution in [0.4, 0.5) is 0 Å². The molecule has 1 fully saturated rings. The Labute approximate surface area is 183 Å². The van der Waals surface area contributed by atoms with Crippen LogP contribution in [0, 0.1) is 6.92 Å². The van der Waals surface area contributed by atoms with E-state index in [2.05, 4.69) is 21.4 Å². The summed E-state index contributed by atoms with van der Waals surface area (Å²) in [4.78, 5) is 15.4. The van der Waals surface area contributed by atoms with Crippen LogP contribution in [-0.2, 0) is 0 Å². The zero-order valence-corrected chi connectivity index (χ0v) is 18.3. The van der Waals surface area contributed by atoms with Gasteiger partial charge in [0.15, 0.2) is 5.69 Å². The quantitative estimate of drug-likeness (QED) is 0.626. The van der Waals surface area contributed by atoms with Crippen molar-refractivity contribution in [2.24, 2.45) is 0 Å². The molecule has 1 saturated heterocycles. The number of para-hydroxylation sites is 2. The molecule has 6 nitrogen and oxygen atoms in total. The van der Waals surface area contributed by atoms with Crippen molar-refractivity contribution in [3.05, 3.63) is 77.6 Å². The van der Waals surface area contributed by atoms with Gasteiger partial charge in [0, 0.05) is 17.8 Å². The van der Waals surface area contributed by atoms with Crippen LogP contribution >= 0.6 is 0 Å². The standard InChI is InChI=1S/C25H30N4O2/c1-19-17-22(27-29(19)20-11-5-3-6-12-20)25(30)26-18-23(28-15-9-4-10-16-28)21-13-7-8-14-24(21)31-2/h3,5-8,11-14,17,23H,4,9-10,15-16,18H2,1-2H3,(H,26,30). The Morgan fingerprint density at radius 2 is 1.77 bits per heavy atom. The molecule has 0 radical (unpaired) electrons. The number of likely N-dealkylation sites (tertiary alicyclic amines) is 1. The minimum atomic E-state index is -0.158. The molecule has 1 aromatic heterocycles. The second-order valence-electron chi connectivity index (χ2n) is 7.98. The number of methoxy groups -OCH3 is 1. The molecule has 31 heavy (non-hydrogen) atoms. The van der Waals surface area contributed by atoms with Crippen LogP contribution in [-0.4, -0.2) is 47.3 Å². The summed E-state index contributed by atoms with van der Waals surface area (Å²) in [6.07, 6.45) is 3.62. The fraction of sp³-hybridized carbons (Fsp3) is 0.360. The second-order valence-corrected chi connectivity index (χ2v) is 7.98. The molecule has 0 spiro atoms. The van der Waals surface area contributed by atoms with Crippen molar-refractivity contribution in [3.63, 3.8) is 0 Å². The number of hydrogen-bond acceptors (Lipinski definition) is 4. The molecule has 0 saturated carbocycles. The van der Waals surface area contributed by atoms with E-state index in [0.29, 0.717) is 12.2 Å². The van der Waals surface area contributed by atoms with E-state index < -0.39 is 0 Å². The van der Waals surface area contributed by atoms with Crippen LogP contribution in [0.15, 0.2) is 60.7 Å². The summed E-state index contributed by atoms with van der Waals surface area (Å²) in [5.74, 6) is 0.700. The number of piperidine rings is 1. The number of aryl methyl sites for hydroxylation is 1. The van der Waals surface area contributed by atoms with Gasteiger partial charge in [0.25, 0.3) is 5.91 Å². The van der Waals surface area contributed by atoms with Gasteiger partial charge >= 0.3 is 0 Å². The molecule has 1 unspecified atom stereocenters. The van der Waals surface area contributed by atoms with Crippen LogP contribution in [0.2, 0.25) is 0 Å². The number of carbonyl (C=O) groups excluding carboxylic acids is 1. The first-order valence-electron chi connectivity index (χ1n) is 10.9. The minimum Gasteiger partial charge on any atom is -0.496 e. The molecular weight excluding hydrogens is 388 g/mol. The van der Waals surface area contributed by atoms with E-state index in [9.17, 15) is 4.79 Å². The Morgan fingerprint density at radius 3 is 2.52 bits per heavy atom. The molecule has 2 heterocycles. The molecule has 1 N–H and O–H groups in total. The molecular formula is C25H30N4O2. The van der Waals surface area contributed by atoms with Crippen LogP contribution in [0.25, 0.3) is 5.69 Å². The summed E-state index contributed by atoms with van der Waals surface area (Å²) < 4.78 is 7.42. The maximum Gasteiger partial charge on any atom is 0.271 e. The lowest BCUT2D eigenvalue weighted by molar-refractivity contribution is 0.0918. The molecule has 2 aromatic carbocycles. The maximum absolute atomic E-state index is 13.0. The van der Waals surface area contributed by atoms with E-state index in [1.165, 1.54) is 19.3 Å². The van der Waals surface area contributed by atoms with Gasteiger partial charge in [-0.25, -0.2) is 4.68 Å². The molecule has 1 aliphatic heterocycles. The van der Waals surface area contributed by atoms with E-state index >= 15 is 0 Å². The van der Waals surface area contributed by atoms with Crippen LogP contribution < -0.4 is 10.1 Å². The average molecular weight is 419 g/mol. The minimum absolute atomic E-state index is 0.0673. The van der Waals surface area contributed by atoms with E-state index in [1.54, 1.807) is 11.8 Å². The van der Waals surface area contributed by atoms with Gasteiger partial charge in [-0.1, -0.05) is 42.8 Å². The van der Waals surface area contributed by atoms with Gasteiger partial charge in [0.2, 0.25) is 0 Å². The van der Waals surface area contributed by atoms with Crippen molar-refractivity contribution in [1.82, 2.24) is 20.0 Å². The zero-order chi connectivity index (χ0) is 21.6. The number of nitrogens with zero attached hydrogens (tertiary/aromatic N) is 3. The summed E-state index contributed by atoms with van der Waals surface area (Å²) in [6.45, 7) is 4.53. The van der Waals surface area contributed by atoms with Crippen molar-refractivity contribution >= 4 is 5.91 Å². The van der Waals surface area contributed by atoms with Crippen molar-refractivity contribution in [3.8, 4) is 11.4 Å². The Balaban J connectivity index is 1.52. The molecule has 1 atom stereocenters. The number of aromatic nitrogens is 2. The van der Waals surface area contributed by atoms with Gasteiger partial charge in [-0.3, -0.25) is 9.69 Å². The van der Waals surface area contributed by atoms with Gasteiger partial charge in [-0.05, 0) is 57.1 Å². The largest absolute Gasteiger partial charge is 0.496 e. The van der Waals surface area contributed by atoms with Gasteiger partial charge in [0.05, 0.1) is 18.8 Å². The lowest BCUT2D eigenvalue weighted by Gasteiger charge is -2.35. The molecule has 0 aliphatic carbocycles. The maximum atomic E-state index is 13.0. The molecule has 1 amide bonds. The van der Waals surface area contributed by atoms with E-state index in [1.807, 2.05) is 61.5 Å². The topological polar surface area (TPSA) is 59.4 Å². The molecule has 162 valence electrons. The molecule has 1 aliphatic rings. The monoisotopic (exact) mass is 418 g/mol. The molecule has 6 heteroatoms. The van der Waals surface area contributed by atoms with Crippen LogP contribution in [0.5, 0.6) is 5.75 Å². The third-order valence-electron chi connectivity index (χ3n) is 5.91. The van der Waals surface area contributed by atoms with E-state index in [-0.39, 0.29) is 11.9 Å². The summed E-state index contributed by atoms with van der Waals surface area (Å²) in [5.41, 5.74) is 3.41. The number of benzene rings is 2. The fourth-order valence-corrected chi connectivity index (χ4v) is 4.30. The Bertz CT molecular complexity index is 1010. The highest BCUT2D eigenvalue weighted by Crippen LogP contribution is 2.31. The molecule has 4 rings (SSSR count). The van der Waals surface area contributed by atoms with Gasteiger partial charge in [-0.15, -0.1) is 0 Å². The van der Waals surface area contributed by atoms with Crippen LogP contribution in [0.1, 0.15) is 47.1 Å². The number of carbonyl (C=O) groups is 1. The zero-order valence-electron chi connectivity index (χ0n) is 18.3. The van der Waals surface area contributed by atoms with Crippen molar-refractivity contribution < 1.29 is 9.53 Å². The first kappa shape index (κ1) is 21.1. The first-order valence-corrected chi connectivity index (χ1v) is 10.9. The smallest absolute Gasteiger partial charge is 0.271 e. The third kappa shape index (κ3) is 4.80. The van der Waals surface area contributed by atoms with Crippen LogP contribution in [0.3, 0.4) is 0 Å². The Morgan fingerprint density at radius 1 is 1.06 bits per heavy atom. The highest BCUT2D eigenvalue weighted by molar-refractivity contribution is 5.92. The van der Waals surface area contributed by atoms with Gasteiger partial charge in [0.1, 0.15) is 5.75 Å². The average Bonchev–Trinajstić information content (AvgIpc) is 3.22. The fourth-order valence-electron chi connectivity index (χ4n) is 4.30. The van der Waals surface area contributed by atoms with E-state index in [4.69, 9.17) is 4.74 Å². The summed E-state index contributed by atoms with van der Waals surface area (Å²) in [5, 5.41) is 7.67. The normalized spacial score (nSPS) is 15.4. The lowest BCUT2D eigenvalue weighted by Crippen LogP contribution is -2.40. The number of amides is 1. The number of hydrogen-bond donors (Lipinski definition) is 1. The first-order chi connectivity index (χ1) is 15.2.